The number of hydrogen-bond donors (Lipinski definition) is 1. The van der Waals surface area contributed by atoms with Gasteiger partial charge in [-0.3, -0.25) is 4.79 Å². The van der Waals surface area contributed by atoms with Crippen LogP contribution in [0, 0.1) is 5.92 Å². The van der Waals surface area contributed by atoms with Gasteiger partial charge < -0.3 is 10.1 Å². The number of fused-ring (bicyclic) bond motifs is 1. The summed E-state index contributed by atoms with van der Waals surface area (Å²) in [4.78, 5) is 21.9. The fourth-order valence-corrected chi connectivity index (χ4v) is 3.92. The molecular formula is C20H17Cl2N5O2. The minimum atomic E-state index is -0.634. The smallest absolute Gasteiger partial charge is 0.248 e. The maximum absolute atomic E-state index is 13.3. The molecule has 9 heteroatoms. The molecule has 7 nitrogen and oxygen atoms in total. The largest absolute Gasteiger partial charge is 0.497 e. The number of methoxy groups -OCH3 is 1. The number of amides is 1. The maximum Gasteiger partial charge on any atom is 0.248 e. The van der Waals surface area contributed by atoms with E-state index in [1.165, 1.54) is 6.33 Å². The van der Waals surface area contributed by atoms with Gasteiger partial charge in [0.05, 0.1) is 13.2 Å². The zero-order valence-electron chi connectivity index (χ0n) is 15.6. The first-order chi connectivity index (χ1) is 14.0. The Morgan fingerprint density at radius 2 is 1.93 bits per heavy atom. The second kappa shape index (κ2) is 7.85. The van der Waals surface area contributed by atoms with Gasteiger partial charge in [-0.2, -0.15) is 10.1 Å². The molecule has 0 aliphatic carbocycles. The molecule has 0 spiro atoms. The molecule has 2 atom stereocenters. The van der Waals surface area contributed by atoms with Crippen LogP contribution in [0.25, 0.3) is 0 Å². The highest BCUT2D eigenvalue weighted by Gasteiger charge is 2.39. The molecule has 1 amide bonds. The topological polar surface area (TPSA) is 81.4 Å². The monoisotopic (exact) mass is 429 g/mol. The minimum Gasteiger partial charge on any atom is -0.497 e. The van der Waals surface area contributed by atoms with E-state index in [1.807, 2.05) is 0 Å². The number of benzene rings is 2. The highest BCUT2D eigenvalue weighted by molar-refractivity contribution is 6.35. The molecule has 2 heterocycles. The second-order valence-electron chi connectivity index (χ2n) is 6.56. The van der Waals surface area contributed by atoms with E-state index in [9.17, 15) is 4.79 Å². The Labute approximate surface area is 177 Å². The highest BCUT2D eigenvalue weighted by Crippen LogP contribution is 2.39. The molecule has 0 radical (unpaired) electrons. The van der Waals surface area contributed by atoms with Gasteiger partial charge >= 0.3 is 0 Å². The third-order valence-electron chi connectivity index (χ3n) is 4.78. The number of aliphatic imine (C=N–C) groups is 1. The first-order valence-electron chi connectivity index (χ1n) is 8.82. The summed E-state index contributed by atoms with van der Waals surface area (Å²) in [6, 6.07) is 11.8. The van der Waals surface area contributed by atoms with Crippen LogP contribution in [-0.4, -0.2) is 33.5 Å². The molecular weight excluding hydrogens is 413 g/mol. The number of carbonyl (C=O) groups is 1. The van der Waals surface area contributed by atoms with Crippen LogP contribution in [0.15, 0.2) is 53.8 Å². The van der Waals surface area contributed by atoms with E-state index in [1.54, 1.807) is 61.2 Å². The van der Waals surface area contributed by atoms with E-state index in [-0.39, 0.29) is 5.91 Å². The van der Waals surface area contributed by atoms with Crippen molar-refractivity contribution in [3.05, 3.63) is 64.4 Å². The Morgan fingerprint density at radius 3 is 2.62 bits per heavy atom. The van der Waals surface area contributed by atoms with Crippen molar-refractivity contribution in [2.24, 2.45) is 10.9 Å². The Morgan fingerprint density at radius 1 is 1.17 bits per heavy atom. The number of carbonyl (C=O) groups excluding carboxylic acids is 1. The van der Waals surface area contributed by atoms with Crippen molar-refractivity contribution in [3.8, 4) is 5.75 Å². The van der Waals surface area contributed by atoms with Gasteiger partial charge in [-0.05, 0) is 48.9 Å². The van der Waals surface area contributed by atoms with E-state index in [0.29, 0.717) is 38.7 Å². The molecule has 0 fully saturated rings. The summed E-state index contributed by atoms with van der Waals surface area (Å²) in [5, 5.41) is 8.18. The number of aromatic nitrogens is 3. The Bertz CT molecular complexity index is 1090. The lowest BCUT2D eigenvalue weighted by atomic mass is 9.87. The van der Waals surface area contributed by atoms with Crippen LogP contribution < -0.4 is 10.1 Å². The lowest BCUT2D eigenvalue weighted by molar-refractivity contribution is -0.118. The molecule has 1 aromatic heterocycles. The van der Waals surface area contributed by atoms with Gasteiger partial charge in [0.1, 0.15) is 18.0 Å². The van der Waals surface area contributed by atoms with E-state index < -0.39 is 12.0 Å². The highest BCUT2D eigenvalue weighted by atomic mass is 35.5. The van der Waals surface area contributed by atoms with Gasteiger partial charge in [0.25, 0.3) is 0 Å². The predicted molar refractivity (Wildman–Crippen MR) is 113 cm³/mol. The molecule has 4 rings (SSSR count). The number of anilines is 1. The summed E-state index contributed by atoms with van der Waals surface area (Å²) in [5.41, 5.74) is 1.98. The van der Waals surface area contributed by atoms with Gasteiger partial charge in [-0.1, -0.05) is 29.3 Å². The molecule has 1 aliphatic rings. The van der Waals surface area contributed by atoms with E-state index >= 15 is 0 Å². The number of hydrogen-bond acceptors (Lipinski definition) is 5. The van der Waals surface area contributed by atoms with Crippen LogP contribution in [0.5, 0.6) is 5.75 Å². The van der Waals surface area contributed by atoms with Gasteiger partial charge in [-0.25, -0.2) is 9.67 Å². The van der Waals surface area contributed by atoms with Gasteiger partial charge in [0.15, 0.2) is 0 Å². The van der Waals surface area contributed by atoms with Crippen molar-refractivity contribution < 1.29 is 9.53 Å². The molecule has 1 N–H and O–H groups in total. The van der Waals surface area contributed by atoms with E-state index in [0.717, 1.165) is 0 Å². The van der Waals surface area contributed by atoms with E-state index in [4.69, 9.17) is 27.9 Å². The normalized spacial score (nSPS) is 18.0. The molecule has 0 saturated heterocycles. The van der Waals surface area contributed by atoms with Crippen LogP contribution in [0.4, 0.5) is 11.6 Å². The van der Waals surface area contributed by atoms with Crippen molar-refractivity contribution in [2.75, 3.05) is 12.4 Å². The summed E-state index contributed by atoms with van der Waals surface area (Å²) in [7, 11) is 1.59. The van der Waals surface area contributed by atoms with Crippen molar-refractivity contribution in [2.45, 2.75) is 13.0 Å². The molecule has 1 aliphatic heterocycles. The van der Waals surface area contributed by atoms with Gasteiger partial charge in [0, 0.05) is 21.4 Å². The summed E-state index contributed by atoms with van der Waals surface area (Å²) in [6.07, 6.45) is 1.41. The van der Waals surface area contributed by atoms with Crippen molar-refractivity contribution in [3.63, 3.8) is 0 Å². The fraction of sp³-hybridized carbons (Fsp3) is 0.200. The van der Waals surface area contributed by atoms with Gasteiger partial charge in [0.2, 0.25) is 11.9 Å². The Hall–Kier alpha value is -2.90. The standard InChI is InChI=1S/C20H17Cl2N5O2/c1-11-17(19(28)26-13-4-6-14(29-2)7-5-13)18(27-20(25-11)23-10-24-27)15-8-3-12(21)9-16(15)22/h3-10,17-18H,1-2H3,(H,26,28). The van der Waals surface area contributed by atoms with Crippen LogP contribution in [0.1, 0.15) is 18.5 Å². The Balaban J connectivity index is 1.73. The molecule has 2 aromatic carbocycles. The molecule has 148 valence electrons. The summed E-state index contributed by atoms with van der Waals surface area (Å²) in [6.45, 7) is 1.80. The average Bonchev–Trinajstić information content (AvgIpc) is 3.16. The van der Waals surface area contributed by atoms with E-state index in [2.05, 4.69) is 20.4 Å². The van der Waals surface area contributed by atoms with Crippen molar-refractivity contribution >= 4 is 46.5 Å². The molecule has 2 unspecified atom stereocenters. The average molecular weight is 430 g/mol. The van der Waals surface area contributed by atoms with Crippen molar-refractivity contribution in [1.29, 1.82) is 0 Å². The first-order valence-corrected chi connectivity index (χ1v) is 9.58. The maximum atomic E-state index is 13.3. The fourth-order valence-electron chi connectivity index (χ4n) is 3.40. The SMILES string of the molecule is COc1ccc(NC(=O)C2C(C)=Nc3ncnn3C2c2ccc(Cl)cc2Cl)cc1. The second-order valence-corrected chi connectivity index (χ2v) is 7.41. The summed E-state index contributed by atoms with van der Waals surface area (Å²) >= 11 is 12.5. The van der Waals surface area contributed by atoms with Crippen molar-refractivity contribution in [1.82, 2.24) is 14.8 Å². The van der Waals surface area contributed by atoms with Crippen LogP contribution >= 0.6 is 23.2 Å². The number of nitrogens with zero attached hydrogens (tertiary/aromatic N) is 4. The number of nitrogens with one attached hydrogen (secondary N) is 1. The third kappa shape index (κ3) is 3.71. The number of rotatable bonds is 4. The molecule has 29 heavy (non-hydrogen) atoms. The minimum absolute atomic E-state index is 0.228. The Kier molecular flexibility index (Phi) is 5.25. The predicted octanol–water partition coefficient (Wildman–Crippen LogP) is 4.54. The first kappa shape index (κ1) is 19.4. The third-order valence-corrected chi connectivity index (χ3v) is 5.34. The van der Waals surface area contributed by atoms with Crippen LogP contribution in [-0.2, 0) is 4.79 Å². The van der Waals surface area contributed by atoms with Crippen LogP contribution in [0.2, 0.25) is 10.0 Å². The zero-order valence-corrected chi connectivity index (χ0v) is 17.1. The summed E-state index contributed by atoms with van der Waals surface area (Å²) in [5.74, 6) is 0.266. The lowest BCUT2D eigenvalue weighted by Crippen LogP contribution is -2.39. The molecule has 0 saturated carbocycles. The number of halogens is 2. The number of ether oxygens (including phenoxy) is 1. The van der Waals surface area contributed by atoms with Crippen LogP contribution in [0.3, 0.4) is 0 Å². The van der Waals surface area contributed by atoms with Gasteiger partial charge in [-0.15, -0.1) is 0 Å². The summed E-state index contributed by atoms with van der Waals surface area (Å²) < 4.78 is 6.77. The lowest BCUT2D eigenvalue weighted by Gasteiger charge is -2.31. The molecule has 3 aromatic rings. The quantitative estimate of drug-likeness (QED) is 0.659. The zero-order chi connectivity index (χ0) is 20.5. The molecule has 0 bridgehead atoms.